The summed E-state index contributed by atoms with van der Waals surface area (Å²) in [6.45, 7) is 8.44. The summed E-state index contributed by atoms with van der Waals surface area (Å²) in [5.74, 6) is -4.81. The second kappa shape index (κ2) is 14.0. The lowest BCUT2D eigenvalue weighted by Gasteiger charge is -2.44. The van der Waals surface area contributed by atoms with Gasteiger partial charge in [0.2, 0.25) is 12.4 Å². The van der Waals surface area contributed by atoms with Gasteiger partial charge in [-0.1, -0.05) is 0 Å². The second-order valence-corrected chi connectivity index (χ2v) is 9.65. The molecule has 0 N–H and O–H groups in total. The van der Waals surface area contributed by atoms with Crippen LogP contribution in [-0.4, -0.2) is 73.3 Å². The Hall–Kier alpha value is -4.66. The molecule has 1 aromatic heterocycles. The molecule has 15 nitrogen and oxygen atoms in total. The average Bonchev–Trinajstić information content (AvgIpc) is 2.86. The summed E-state index contributed by atoms with van der Waals surface area (Å²) >= 11 is 0. The van der Waals surface area contributed by atoms with Crippen molar-refractivity contribution >= 4 is 40.8 Å². The maximum atomic E-state index is 13.0. The molecule has 15 heteroatoms. The van der Waals surface area contributed by atoms with Gasteiger partial charge in [0.15, 0.2) is 18.0 Å². The molecule has 1 fully saturated rings. The first-order chi connectivity index (χ1) is 20.2. The molecule has 43 heavy (non-hydrogen) atoms. The molecular formula is C28H32O15. The number of hydrogen-bond donors (Lipinski definition) is 0. The molecule has 5 atom stereocenters. The summed E-state index contributed by atoms with van der Waals surface area (Å²) in [6, 6.07) is 4.41. The van der Waals surface area contributed by atoms with E-state index in [0.29, 0.717) is 5.75 Å². The fraction of sp³-hybridized carbons (Fsp3) is 0.500. The summed E-state index contributed by atoms with van der Waals surface area (Å²) in [5, 5.41) is 0.111. The highest BCUT2D eigenvalue weighted by molar-refractivity contribution is 5.87. The molecule has 0 aliphatic carbocycles. The number of rotatable bonds is 10. The fourth-order valence-corrected chi connectivity index (χ4v) is 4.23. The van der Waals surface area contributed by atoms with Crippen molar-refractivity contribution in [3.05, 3.63) is 28.6 Å². The number of ether oxygens (including phenoxy) is 8. The minimum atomic E-state index is -1.72. The third-order valence-corrected chi connectivity index (χ3v) is 5.59. The van der Waals surface area contributed by atoms with Crippen LogP contribution in [0.3, 0.4) is 0 Å². The van der Waals surface area contributed by atoms with Gasteiger partial charge in [0, 0.05) is 40.7 Å². The normalized spacial score (nSPS) is 21.4. The molecule has 0 amide bonds. The Bertz CT molecular complexity index is 1440. The van der Waals surface area contributed by atoms with Crippen LogP contribution < -0.4 is 19.8 Å². The number of hydrogen-bond acceptors (Lipinski definition) is 15. The minimum Gasteiger partial charge on any atom is -0.491 e. The first-order valence-corrected chi connectivity index (χ1v) is 13.1. The molecule has 234 valence electrons. The maximum absolute atomic E-state index is 13.0. The van der Waals surface area contributed by atoms with E-state index in [1.807, 2.05) is 0 Å². The molecule has 0 radical (unpaired) electrons. The molecular weight excluding hydrogens is 576 g/mol. The van der Waals surface area contributed by atoms with Crippen molar-refractivity contribution in [3.8, 4) is 17.2 Å². The molecule has 2 aromatic rings. The lowest BCUT2D eigenvalue weighted by Crippen LogP contribution is -2.63. The lowest BCUT2D eigenvalue weighted by atomic mass is 9.98. The largest absolute Gasteiger partial charge is 0.491 e. The van der Waals surface area contributed by atoms with Gasteiger partial charge >= 0.3 is 35.5 Å². The highest BCUT2D eigenvalue weighted by Crippen LogP contribution is 2.38. The standard InChI is InChI=1S/C28H32O15/c1-12(2)36-18-8-9-19-20(10-18)41-27(34)25(39-16(6)32)22(19)43-28-26(40-17(7)33)24(38-15(5)31)23(37-14(4)30)21(42-28)11-35-13(3)29/h8-10,12,21,23-24,26,28H,11H2,1-7H3/t21-,23+,24+,26-,28+/m1/s1. The van der Waals surface area contributed by atoms with Crippen molar-refractivity contribution in [2.45, 2.75) is 85.3 Å². The van der Waals surface area contributed by atoms with Crippen LogP contribution in [0.1, 0.15) is 48.5 Å². The molecule has 1 aromatic carbocycles. The Labute approximate surface area is 245 Å². The summed E-state index contributed by atoms with van der Waals surface area (Å²) in [6.07, 6.45) is -7.85. The molecule has 0 spiro atoms. The van der Waals surface area contributed by atoms with Crippen LogP contribution in [0.5, 0.6) is 17.2 Å². The predicted octanol–water partition coefficient (Wildman–Crippen LogP) is 1.97. The van der Waals surface area contributed by atoms with Crippen LogP contribution in [-0.2, 0) is 47.7 Å². The van der Waals surface area contributed by atoms with E-state index in [1.165, 1.54) is 12.1 Å². The van der Waals surface area contributed by atoms with E-state index in [2.05, 4.69) is 0 Å². The highest BCUT2D eigenvalue weighted by Gasteiger charge is 2.53. The average molecular weight is 609 g/mol. The molecule has 0 saturated carbocycles. The molecule has 1 saturated heterocycles. The van der Waals surface area contributed by atoms with E-state index < -0.39 is 78.5 Å². The SMILES string of the molecule is CC(=O)OC[C@H]1O[C@@H](Oc2c(OC(C)=O)c(=O)oc3cc(OC(C)C)ccc23)[C@H](OC(C)=O)[C@@H](OC(C)=O)[C@H]1OC(C)=O. The number of carbonyl (C=O) groups is 5. The molecule has 3 rings (SSSR count). The van der Waals surface area contributed by atoms with E-state index in [9.17, 15) is 28.8 Å². The number of benzene rings is 1. The summed E-state index contributed by atoms with van der Waals surface area (Å²) in [7, 11) is 0. The lowest BCUT2D eigenvalue weighted by molar-refractivity contribution is -0.288. The van der Waals surface area contributed by atoms with Crippen molar-refractivity contribution in [1.82, 2.24) is 0 Å². The van der Waals surface area contributed by atoms with Crippen LogP contribution in [0.2, 0.25) is 0 Å². The Morgan fingerprint density at radius 2 is 1.40 bits per heavy atom. The van der Waals surface area contributed by atoms with Crippen molar-refractivity contribution in [2.24, 2.45) is 0 Å². The minimum absolute atomic E-state index is 0.0281. The molecule has 0 bridgehead atoms. The van der Waals surface area contributed by atoms with Gasteiger partial charge in [0.05, 0.1) is 11.5 Å². The van der Waals surface area contributed by atoms with Crippen LogP contribution in [0.25, 0.3) is 11.0 Å². The number of esters is 5. The van der Waals surface area contributed by atoms with E-state index in [1.54, 1.807) is 19.9 Å². The van der Waals surface area contributed by atoms with Crippen molar-refractivity contribution in [2.75, 3.05) is 6.61 Å². The summed E-state index contributed by atoms with van der Waals surface area (Å²) in [5.41, 5.74) is -1.13. The van der Waals surface area contributed by atoms with E-state index >= 15 is 0 Å². The first-order valence-electron chi connectivity index (χ1n) is 13.1. The van der Waals surface area contributed by atoms with Gasteiger partial charge < -0.3 is 42.3 Å². The van der Waals surface area contributed by atoms with Gasteiger partial charge in [-0.25, -0.2) is 4.79 Å². The Balaban J connectivity index is 2.21. The Morgan fingerprint density at radius 3 is 1.95 bits per heavy atom. The third-order valence-electron chi connectivity index (χ3n) is 5.59. The van der Waals surface area contributed by atoms with Gasteiger partial charge in [-0.05, 0) is 26.0 Å². The van der Waals surface area contributed by atoms with Crippen LogP contribution in [0.4, 0.5) is 0 Å². The topological polar surface area (TPSA) is 189 Å². The zero-order chi connectivity index (χ0) is 32.0. The van der Waals surface area contributed by atoms with Gasteiger partial charge in [-0.2, -0.15) is 0 Å². The molecule has 1 aliphatic heterocycles. The third kappa shape index (κ3) is 8.67. The van der Waals surface area contributed by atoms with Gasteiger partial charge in [-0.3, -0.25) is 24.0 Å². The summed E-state index contributed by atoms with van der Waals surface area (Å²) in [4.78, 5) is 72.8. The summed E-state index contributed by atoms with van der Waals surface area (Å²) < 4.78 is 49.4. The number of fused-ring (bicyclic) bond motifs is 1. The smallest absolute Gasteiger partial charge is 0.383 e. The molecule has 0 unspecified atom stereocenters. The van der Waals surface area contributed by atoms with Crippen LogP contribution in [0.15, 0.2) is 27.4 Å². The molecule has 2 heterocycles. The van der Waals surface area contributed by atoms with Crippen molar-refractivity contribution in [1.29, 1.82) is 0 Å². The maximum Gasteiger partial charge on any atom is 0.383 e. The highest BCUT2D eigenvalue weighted by atomic mass is 16.7. The van der Waals surface area contributed by atoms with Gasteiger partial charge in [0.25, 0.3) is 5.75 Å². The predicted molar refractivity (Wildman–Crippen MR) is 142 cm³/mol. The Kier molecular flexibility index (Phi) is 10.7. The van der Waals surface area contributed by atoms with E-state index in [0.717, 1.165) is 34.6 Å². The van der Waals surface area contributed by atoms with Crippen LogP contribution in [0, 0.1) is 0 Å². The van der Waals surface area contributed by atoms with Gasteiger partial charge in [0.1, 0.15) is 24.0 Å². The van der Waals surface area contributed by atoms with Crippen molar-refractivity contribution in [3.63, 3.8) is 0 Å². The van der Waals surface area contributed by atoms with Gasteiger partial charge in [-0.15, -0.1) is 0 Å². The second-order valence-electron chi connectivity index (χ2n) is 9.65. The zero-order valence-corrected chi connectivity index (χ0v) is 24.5. The van der Waals surface area contributed by atoms with E-state index in [-0.39, 0.29) is 22.8 Å². The van der Waals surface area contributed by atoms with Crippen LogP contribution >= 0.6 is 0 Å². The number of carbonyl (C=O) groups excluding carboxylic acids is 5. The quantitative estimate of drug-likeness (QED) is 0.216. The monoisotopic (exact) mass is 608 g/mol. The Morgan fingerprint density at radius 1 is 0.791 bits per heavy atom. The van der Waals surface area contributed by atoms with E-state index in [4.69, 9.17) is 42.3 Å². The molecule has 1 aliphatic rings. The zero-order valence-electron chi connectivity index (χ0n) is 24.5. The first kappa shape index (κ1) is 32.8. The fourth-order valence-electron chi connectivity index (χ4n) is 4.23. The van der Waals surface area contributed by atoms with Crippen molar-refractivity contribution < 1.29 is 66.3 Å².